The molecule has 2 aliphatic rings. The molecule has 2 aromatic rings. The number of carboxylic acids is 1. The Kier molecular flexibility index (Phi) is 9.54. The summed E-state index contributed by atoms with van der Waals surface area (Å²) in [6.07, 6.45) is -1.14. The fourth-order valence-electron chi connectivity index (χ4n) is 5.49. The second-order valence-corrected chi connectivity index (χ2v) is 9.55. The molecule has 3 atom stereocenters. The van der Waals surface area contributed by atoms with Crippen LogP contribution in [0.15, 0.2) is 42.5 Å². The van der Waals surface area contributed by atoms with Crippen molar-refractivity contribution in [2.75, 3.05) is 40.2 Å². The first-order valence-electron chi connectivity index (χ1n) is 12.4. The molecule has 1 aliphatic carbocycles. The van der Waals surface area contributed by atoms with Gasteiger partial charge in [-0.1, -0.05) is 18.2 Å². The Labute approximate surface area is 225 Å². The standard InChI is InChI=1S/C25H33N3O4.C2HF3O2/c1-28-14-13-25(17-9-10-21(31-3)22(15-17)32-4)12-11-18(16-23(25)28)26-24(29)27-19-7-5-6-8-20(19)30-2;3-2(4,5)1(6)7/h5-10,15,18,23H,11-14,16H2,1-4H3,(H2,26,27,29);(H,6,7). The van der Waals surface area contributed by atoms with E-state index in [4.69, 9.17) is 24.1 Å². The average Bonchev–Trinajstić information content (AvgIpc) is 3.25. The van der Waals surface area contributed by atoms with Crippen molar-refractivity contribution < 1.29 is 42.1 Å². The number of alkyl halides is 3. The van der Waals surface area contributed by atoms with E-state index in [9.17, 15) is 18.0 Å². The number of fused-ring (bicyclic) bond motifs is 1. The number of methoxy groups -OCH3 is 3. The number of nitrogens with zero attached hydrogens (tertiary/aromatic N) is 1. The molecule has 0 radical (unpaired) electrons. The minimum atomic E-state index is -5.08. The Balaban J connectivity index is 0.000000532. The van der Waals surface area contributed by atoms with Gasteiger partial charge in [-0.2, -0.15) is 13.2 Å². The number of anilines is 1. The van der Waals surface area contributed by atoms with Crippen LogP contribution in [-0.4, -0.2) is 75.2 Å². The van der Waals surface area contributed by atoms with Crippen LogP contribution in [0.3, 0.4) is 0 Å². The summed E-state index contributed by atoms with van der Waals surface area (Å²) in [5.74, 6) is -0.593. The molecular weight excluding hydrogens is 519 g/mol. The third-order valence-electron chi connectivity index (χ3n) is 7.42. The van der Waals surface area contributed by atoms with Gasteiger partial charge in [-0.15, -0.1) is 0 Å². The van der Waals surface area contributed by atoms with E-state index in [1.807, 2.05) is 30.3 Å². The minimum Gasteiger partial charge on any atom is -0.495 e. The number of amides is 2. The van der Waals surface area contributed by atoms with E-state index in [-0.39, 0.29) is 17.5 Å². The predicted molar refractivity (Wildman–Crippen MR) is 139 cm³/mol. The van der Waals surface area contributed by atoms with Gasteiger partial charge in [0.15, 0.2) is 11.5 Å². The number of hydrogen-bond donors (Lipinski definition) is 3. The lowest BCUT2D eigenvalue weighted by molar-refractivity contribution is -0.192. The van der Waals surface area contributed by atoms with Gasteiger partial charge in [-0.05, 0) is 69.1 Å². The topological polar surface area (TPSA) is 109 Å². The maximum absolute atomic E-state index is 12.7. The van der Waals surface area contributed by atoms with Crippen LogP contribution in [0.2, 0.25) is 0 Å². The summed E-state index contributed by atoms with van der Waals surface area (Å²) >= 11 is 0. The summed E-state index contributed by atoms with van der Waals surface area (Å²) in [6, 6.07) is 14.0. The number of carbonyl (C=O) groups excluding carboxylic acids is 1. The predicted octanol–water partition coefficient (Wildman–Crippen LogP) is 4.66. The zero-order valence-electron chi connectivity index (χ0n) is 22.3. The molecule has 2 amide bonds. The number of carboxylic acid groups (broad SMARTS) is 1. The number of likely N-dealkylation sites (tertiary alicyclic amines) is 1. The number of aliphatic carboxylic acids is 1. The number of para-hydroxylation sites is 2. The summed E-state index contributed by atoms with van der Waals surface area (Å²) in [6.45, 7) is 1.04. The monoisotopic (exact) mass is 553 g/mol. The molecule has 1 aliphatic heterocycles. The Bertz CT molecular complexity index is 1160. The minimum absolute atomic E-state index is 0.0611. The maximum Gasteiger partial charge on any atom is 0.490 e. The van der Waals surface area contributed by atoms with Crippen LogP contribution in [0, 0.1) is 0 Å². The summed E-state index contributed by atoms with van der Waals surface area (Å²) in [5.41, 5.74) is 2.02. The van der Waals surface area contributed by atoms with Crippen molar-refractivity contribution in [3.8, 4) is 17.2 Å². The smallest absolute Gasteiger partial charge is 0.490 e. The van der Waals surface area contributed by atoms with Gasteiger partial charge in [0, 0.05) is 17.5 Å². The Hall–Kier alpha value is -3.67. The van der Waals surface area contributed by atoms with Gasteiger partial charge in [0.1, 0.15) is 5.75 Å². The van der Waals surface area contributed by atoms with Crippen molar-refractivity contribution >= 4 is 17.7 Å². The molecule has 2 fully saturated rings. The molecule has 0 spiro atoms. The first-order valence-corrected chi connectivity index (χ1v) is 12.4. The highest BCUT2D eigenvalue weighted by molar-refractivity contribution is 5.91. The number of halogens is 3. The van der Waals surface area contributed by atoms with Gasteiger partial charge in [-0.25, -0.2) is 9.59 Å². The van der Waals surface area contributed by atoms with E-state index >= 15 is 0 Å². The second kappa shape index (κ2) is 12.5. The molecule has 1 heterocycles. The third-order valence-corrected chi connectivity index (χ3v) is 7.42. The molecule has 3 N–H and O–H groups in total. The number of carbonyl (C=O) groups is 2. The molecule has 2 aromatic carbocycles. The molecule has 0 bridgehead atoms. The van der Waals surface area contributed by atoms with Crippen molar-refractivity contribution in [2.24, 2.45) is 0 Å². The van der Waals surface area contributed by atoms with Gasteiger partial charge in [0.05, 0.1) is 27.0 Å². The molecule has 9 nitrogen and oxygen atoms in total. The Morgan fingerprint density at radius 2 is 1.64 bits per heavy atom. The van der Waals surface area contributed by atoms with Gasteiger partial charge in [0.2, 0.25) is 0 Å². The highest BCUT2D eigenvalue weighted by Crippen LogP contribution is 2.49. The van der Waals surface area contributed by atoms with Crippen LogP contribution in [0.5, 0.6) is 17.2 Å². The quantitative estimate of drug-likeness (QED) is 0.477. The SMILES string of the molecule is COc1ccccc1NC(=O)NC1CCC2(c3ccc(OC)c(OC)c3)CCN(C)C2C1.O=C(O)C(F)(F)F. The molecule has 214 valence electrons. The fraction of sp³-hybridized carbons (Fsp3) is 0.481. The number of ether oxygens (including phenoxy) is 3. The van der Waals surface area contributed by atoms with E-state index in [0.29, 0.717) is 17.5 Å². The van der Waals surface area contributed by atoms with Crippen LogP contribution in [0.25, 0.3) is 0 Å². The number of benzene rings is 2. The molecule has 39 heavy (non-hydrogen) atoms. The van der Waals surface area contributed by atoms with Gasteiger partial charge < -0.3 is 34.9 Å². The molecule has 12 heteroatoms. The van der Waals surface area contributed by atoms with E-state index in [1.165, 1.54) is 5.56 Å². The lowest BCUT2D eigenvalue weighted by atomic mass is 9.65. The number of hydrogen-bond acceptors (Lipinski definition) is 6. The molecular formula is C27H34F3N3O6. The van der Waals surface area contributed by atoms with Gasteiger partial charge in [0.25, 0.3) is 0 Å². The van der Waals surface area contributed by atoms with Crippen LogP contribution < -0.4 is 24.8 Å². The third kappa shape index (κ3) is 6.86. The van der Waals surface area contributed by atoms with Crippen LogP contribution in [0.1, 0.15) is 31.2 Å². The van der Waals surface area contributed by atoms with Crippen molar-refractivity contribution in [3.63, 3.8) is 0 Å². The first kappa shape index (κ1) is 29.9. The first-order chi connectivity index (χ1) is 18.4. The number of rotatable bonds is 6. The highest BCUT2D eigenvalue weighted by atomic mass is 19.4. The fourth-order valence-corrected chi connectivity index (χ4v) is 5.49. The number of nitrogens with one attached hydrogen (secondary N) is 2. The molecule has 0 aromatic heterocycles. The maximum atomic E-state index is 12.7. The highest BCUT2D eigenvalue weighted by Gasteiger charge is 2.50. The number of urea groups is 1. The van der Waals surface area contributed by atoms with Gasteiger partial charge >= 0.3 is 18.2 Å². The van der Waals surface area contributed by atoms with E-state index in [1.54, 1.807) is 21.3 Å². The normalized spacial score (nSPS) is 22.5. The van der Waals surface area contributed by atoms with Crippen molar-refractivity contribution in [3.05, 3.63) is 48.0 Å². The zero-order chi connectivity index (χ0) is 28.8. The summed E-state index contributed by atoms with van der Waals surface area (Å²) in [5, 5.41) is 13.2. The molecule has 3 unspecified atom stereocenters. The van der Waals surface area contributed by atoms with Crippen molar-refractivity contribution in [2.45, 2.75) is 49.4 Å². The van der Waals surface area contributed by atoms with Crippen LogP contribution >= 0.6 is 0 Å². The van der Waals surface area contributed by atoms with E-state index < -0.39 is 12.1 Å². The van der Waals surface area contributed by atoms with Crippen molar-refractivity contribution in [1.82, 2.24) is 10.2 Å². The summed E-state index contributed by atoms with van der Waals surface area (Å²) < 4.78 is 48.1. The molecule has 1 saturated carbocycles. The van der Waals surface area contributed by atoms with E-state index in [2.05, 4.69) is 34.7 Å². The van der Waals surface area contributed by atoms with Crippen LogP contribution in [-0.2, 0) is 10.2 Å². The second-order valence-electron chi connectivity index (χ2n) is 9.55. The van der Waals surface area contributed by atoms with E-state index in [0.717, 1.165) is 43.7 Å². The molecule has 4 rings (SSSR count). The summed E-state index contributed by atoms with van der Waals surface area (Å²) in [4.78, 5) is 24.0. The lowest BCUT2D eigenvalue weighted by Crippen LogP contribution is -2.52. The van der Waals surface area contributed by atoms with Crippen LogP contribution in [0.4, 0.5) is 23.7 Å². The largest absolute Gasteiger partial charge is 0.495 e. The zero-order valence-corrected chi connectivity index (χ0v) is 22.3. The number of likely N-dealkylation sites (N-methyl/N-ethyl adjacent to an activating group) is 1. The molecule has 1 saturated heterocycles. The lowest BCUT2D eigenvalue weighted by Gasteiger charge is -2.45. The van der Waals surface area contributed by atoms with Gasteiger partial charge in [-0.3, -0.25) is 0 Å². The summed E-state index contributed by atoms with van der Waals surface area (Å²) in [7, 11) is 7.13. The Morgan fingerprint density at radius 1 is 1.00 bits per heavy atom. The average molecular weight is 554 g/mol. The Morgan fingerprint density at radius 3 is 2.26 bits per heavy atom. The van der Waals surface area contributed by atoms with Crippen molar-refractivity contribution in [1.29, 1.82) is 0 Å².